The van der Waals surface area contributed by atoms with Crippen LogP contribution in [0, 0.1) is 6.92 Å². The molecule has 146 valence electrons. The molecule has 0 bridgehead atoms. The van der Waals surface area contributed by atoms with E-state index in [1.54, 1.807) is 48.1 Å². The van der Waals surface area contributed by atoms with Gasteiger partial charge in [0.1, 0.15) is 23.8 Å². The van der Waals surface area contributed by atoms with Crippen molar-refractivity contribution >= 4 is 17.5 Å². The van der Waals surface area contributed by atoms with Crippen LogP contribution in [0.1, 0.15) is 16.1 Å². The van der Waals surface area contributed by atoms with Gasteiger partial charge in [0, 0.05) is 18.3 Å². The second kappa shape index (κ2) is 8.80. The fourth-order valence-electron chi connectivity index (χ4n) is 2.71. The molecule has 0 aliphatic heterocycles. The number of likely N-dealkylation sites (N-methyl/N-ethyl adjacent to an activating group) is 1. The number of halogens is 1. The summed E-state index contributed by atoms with van der Waals surface area (Å²) in [7, 11) is 3.33. The Morgan fingerprint density at radius 2 is 2.04 bits per heavy atom. The van der Waals surface area contributed by atoms with Crippen LogP contribution in [-0.4, -0.2) is 47.9 Å². The number of carbonyl (C=O) groups is 1. The van der Waals surface area contributed by atoms with E-state index in [0.717, 1.165) is 11.3 Å². The van der Waals surface area contributed by atoms with Crippen molar-refractivity contribution < 1.29 is 14.3 Å². The van der Waals surface area contributed by atoms with Crippen LogP contribution in [0.3, 0.4) is 0 Å². The first-order chi connectivity index (χ1) is 13.5. The number of ether oxygens (including phenoxy) is 2. The van der Waals surface area contributed by atoms with Crippen LogP contribution >= 0.6 is 11.6 Å². The van der Waals surface area contributed by atoms with E-state index in [4.69, 9.17) is 21.1 Å². The smallest absolute Gasteiger partial charge is 0.274 e. The van der Waals surface area contributed by atoms with Gasteiger partial charge in [-0.15, -0.1) is 0 Å². The number of aromatic nitrogens is 2. The number of nitrogens with zero attached hydrogens (tertiary/aromatic N) is 3. The van der Waals surface area contributed by atoms with E-state index >= 15 is 0 Å². The Bertz CT molecular complexity index is 971. The fraction of sp³-hybridized carbons (Fsp3) is 0.238. The van der Waals surface area contributed by atoms with Crippen molar-refractivity contribution in [3.8, 4) is 17.2 Å². The van der Waals surface area contributed by atoms with Gasteiger partial charge in [-0.25, -0.2) is 4.68 Å². The van der Waals surface area contributed by atoms with Gasteiger partial charge >= 0.3 is 0 Å². The Kier molecular flexibility index (Phi) is 6.21. The van der Waals surface area contributed by atoms with E-state index in [0.29, 0.717) is 35.4 Å². The Hall–Kier alpha value is -2.99. The molecule has 0 fully saturated rings. The van der Waals surface area contributed by atoms with Crippen molar-refractivity contribution in [2.24, 2.45) is 0 Å². The quantitative estimate of drug-likeness (QED) is 0.602. The molecular formula is C21H22ClN3O3. The zero-order chi connectivity index (χ0) is 20.1. The van der Waals surface area contributed by atoms with Crippen molar-refractivity contribution in [2.75, 3.05) is 27.3 Å². The first kappa shape index (κ1) is 19.8. The molecule has 0 saturated heterocycles. The number of carbonyl (C=O) groups excluding carboxylic acids is 1. The van der Waals surface area contributed by atoms with Crippen LogP contribution < -0.4 is 9.47 Å². The minimum absolute atomic E-state index is 0.180. The highest BCUT2D eigenvalue weighted by Gasteiger charge is 2.16. The van der Waals surface area contributed by atoms with Crippen molar-refractivity contribution in [3.63, 3.8) is 0 Å². The van der Waals surface area contributed by atoms with Crippen molar-refractivity contribution in [1.82, 2.24) is 14.7 Å². The van der Waals surface area contributed by atoms with Gasteiger partial charge < -0.3 is 14.4 Å². The van der Waals surface area contributed by atoms with E-state index in [9.17, 15) is 4.79 Å². The average molecular weight is 400 g/mol. The van der Waals surface area contributed by atoms with Crippen LogP contribution in [0.5, 0.6) is 11.5 Å². The van der Waals surface area contributed by atoms with E-state index in [2.05, 4.69) is 5.10 Å². The van der Waals surface area contributed by atoms with Gasteiger partial charge in [-0.1, -0.05) is 23.7 Å². The van der Waals surface area contributed by atoms with Crippen LogP contribution in [0.2, 0.25) is 5.02 Å². The molecule has 0 unspecified atom stereocenters. The Morgan fingerprint density at radius 1 is 1.21 bits per heavy atom. The number of benzene rings is 2. The first-order valence-electron chi connectivity index (χ1n) is 8.82. The van der Waals surface area contributed by atoms with Gasteiger partial charge in [0.25, 0.3) is 5.91 Å². The van der Waals surface area contributed by atoms with E-state index in [1.165, 1.54) is 0 Å². The zero-order valence-electron chi connectivity index (χ0n) is 16.1. The number of aryl methyl sites for hydroxylation is 1. The highest BCUT2D eigenvalue weighted by molar-refractivity contribution is 6.30. The predicted molar refractivity (Wildman–Crippen MR) is 109 cm³/mol. The summed E-state index contributed by atoms with van der Waals surface area (Å²) in [6.45, 7) is 2.77. The molecule has 0 aliphatic rings. The lowest BCUT2D eigenvalue weighted by Crippen LogP contribution is -2.31. The molecule has 0 spiro atoms. The maximum atomic E-state index is 12.6. The minimum Gasteiger partial charge on any atom is -0.494 e. The molecule has 0 radical (unpaired) electrons. The van der Waals surface area contributed by atoms with Gasteiger partial charge in [0.2, 0.25) is 0 Å². The van der Waals surface area contributed by atoms with Crippen LogP contribution in [0.15, 0.2) is 54.7 Å². The summed E-state index contributed by atoms with van der Waals surface area (Å²) in [6.07, 6.45) is 1.75. The number of amides is 1. The first-order valence-corrected chi connectivity index (χ1v) is 9.20. The molecule has 28 heavy (non-hydrogen) atoms. The molecule has 7 heteroatoms. The van der Waals surface area contributed by atoms with Crippen LogP contribution in [0.25, 0.3) is 5.69 Å². The molecular weight excluding hydrogens is 378 g/mol. The maximum Gasteiger partial charge on any atom is 0.274 e. The normalized spacial score (nSPS) is 10.6. The topological polar surface area (TPSA) is 56.6 Å². The number of hydrogen-bond donors (Lipinski definition) is 0. The molecule has 3 rings (SSSR count). The summed E-state index contributed by atoms with van der Waals surface area (Å²) in [4.78, 5) is 14.2. The van der Waals surface area contributed by atoms with Crippen molar-refractivity contribution in [1.29, 1.82) is 0 Å². The summed E-state index contributed by atoms with van der Waals surface area (Å²) in [5.74, 6) is 1.18. The van der Waals surface area contributed by atoms with Crippen LogP contribution in [-0.2, 0) is 0 Å². The second-order valence-electron chi connectivity index (χ2n) is 6.35. The number of rotatable bonds is 7. The summed E-state index contributed by atoms with van der Waals surface area (Å²) in [5, 5.41) is 5.03. The monoisotopic (exact) mass is 399 g/mol. The van der Waals surface area contributed by atoms with Gasteiger partial charge in [0.05, 0.1) is 13.7 Å². The second-order valence-corrected chi connectivity index (χ2v) is 6.79. The highest BCUT2D eigenvalue weighted by Crippen LogP contribution is 2.23. The van der Waals surface area contributed by atoms with Gasteiger partial charge in [-0.2, -0.15) is 5.10 Å². The Labute approximate surface area is 169 Å². The lowest BCUT2D eigenvalue weighted by atomic mass is 10.2. The largest absolute Gasteiger partial charge is 0.494 e. The van der Waals surface area contributed by atoms with E-state index in [-0.39, 0.29) is 5.91 Å². The van der Waals surface area contributed by atoms with E-state index < -0.39 is 0 Å². The van der Waals surface area contributed by atoms with E-state index in [1.807, 2.05) is 37.3 Å². The highest BCUT2D eigenvalue weighted by atomic mass is 35.5. The Balaban J connectivity index is 1.64. The molecule has 0 aliphatic carbocycles. The molecule has 0 N–H and O–H groups in total. The van der Waals surface area contributed by atoms with Crippen molar-refractivity contribution in [3.05, 3.63) is 71.0 Å². The summed E-state index contributed by atoms with van der Waals surface area (Å²) in [6, 6.07) is 14.7. The lowest BCUT2D eigenvalue weighted by Gasteiger charge is -2.16. The van der Waals surface area contributed by atoms with Crippen LogP contribution in [0.4, 0.5) is 0 Å². The number of methoxy groups -OCH3 is 1. The minimum atomic E-state index is -0.180. The molecule has 1 amide bonds. The van der Waals surface area contributed by atoms with Gasteiger partial charge in [-0.05, 0) is 48.9 Å². The third kappa shape index (κ3) is 4.64. The number of hydrogen-bond acceptors (Lipinski definition) is 4. The molecule has 0 atom stereocenters. The summed E-state index contributed by atoms with van der Waals surface area (Å²) >= 11 is 5.94. The SMILES string of the molecule is COc1ccc(C)cc1-n1ccc(C(=O)N(C)CCOc2cccc(Cl)c2)n1. The molecule has 2 aromatic carbocycles. The molecule has 0 saturated carbocycles. The molecule has 1 heterocycles. The van der Waals surface area contributed by atoms with Crippen molar-refractivity contribution in [2.45, 2.75) is 6.92 Å². The predicted octanol–water partition coefficient (Wildman–Crippen LogP) is 3.99. The van der Waals surface area contributed by atoms with Gasteiger partial charge in [-0.3, -0.25) is 4.79 Å². The third-order valence-corrected chi connectivity index (χ3v) is 4.46. The average Bonchev–Trinajstić information content (AvgIpc) is 3.17. The maximum absolute atomic E-state index is 12.6. The standard InChI is InChI=1S/C21H22ClN3O3/c1-15-7-8-20(27-3)19(13-15)25-10-9-18(23-25)21(26)24(2)11-12-28-17-6-4-5-16(22)14-17/h4-10,13-14H,11-12H2,1-3H3. The Morgan fingerprint density at radius 3 is 2.79 bits per heavy atom. The third-order valence-electron chi connectivity index (χ3n) is 4.23. The summed E-state index contributed by atoms with van der Waals surface area (Å²) in [5.41, 5.74) is 2.22. The van der Waals surface area contributed by atoms with Gasteiger partial charge in [0.15, 0.2) is 5.69 Å². The summed E-state index contributed by atoms with van der Waals surface area (Å²) < 4.78 is 12.7. The molecule has 6 nitrogen and oxygen atoms in total. The lowest BCUT2D eigenvalue weighted by molar-refractivity contribution is 0.0767. The fourth-order valence-corrected chi connectivity index (χ4v) is 2.89. The zero-order valence-corrected chi connectivity index (χ0v) is 16.8. The molecule has 3 aromatic rings. The molecule has 1 aromatic heterocycles.